The zero-order valence-corrected chi connectivity index (χ0v) is 11.9. The minimum Gasteiger partial charge on any atom is -0.443 e. The summed E-state index contributed by atoms with van der Waals surface area (Å²) < 4.78 is 5.41. The highest BCUT2D eigenvalue weighted by Gasteiger charge is 2.36. The summed E-state index contributed by atoms with van der Waals surface area (Å²) in [5.41, 5.74) is 0.0845. The number of aliphatic hydroxyl groups is 1. The van der Waals surface area contributed by atoms with Gasteiger partial charge in [0.2, 0.25) is 0 Å². The Hall–Kier alpha value is -1.55. The molecule has 4 heteroatoms. The van der Waals surface area contributed by atoms with E-state index in [1.54, 1.807) is 11.8 Å². The third-order valence-electron chi connectivity index (χ3n) is 3.21. The van der Waals surface area contributed by atoms with E-state index in [2.05, 4.69) is 0 Å². The summed E-state index contributed by atoms with van der Waals surface area (Å²) in [6, 6.07) is 7.42. The van der Waals surface area contributed by atoms with Gasteiger partial charge in [0.1, 0.15) is 5.60 Å². The topological polar surface area (TPSA) is 49.8 Å². The Kier molecular flexibility index (Phi) is 3.31. The number of nitrogens with zero attached hydrogens (tertiary/aromatic N) is 1. The van der Waals surface area contributed by atoms with Gasteiger partial charge in [0.05, 0.1) is 11.3 Å². The molecule has 1 N–H and O–H groups in total. The van der Waals surface area contributed by atoms with Gasteiger partial charge in [-0.05, 0) is 40.2 Å². The van der Waals surface area contributed by atoms with Crippen LogP contribution in [0.5, 0.6) is 0 Å². The van der Waals surface area contributed by atoms with Crippen molar-refractivity contribution in [2.75, 3.05) is 11.4 Å². The van der Waals surface area contributed by atoms with E-state index in [0.717, 1.165) is 11.3 Å². The van der Waals surface area contributed by atoms with Crippen LogP contribution in [0.25, 0.3) is 0 Å². The monoisotopic (exact) mass is 263 g/mol. The smallest absolute Gasteiger partial charge is 0.414 e. The molecule has 19 heavy (non-hydrogen) atoms. The Morgan fingerprint density at radius 3 is 2.63 bits per heavy atom. The van der Waals surface area contributed by atoms with E-state index >= 15 is 0 Å². The van der Waals surface area contributed by atoms with Gasteiger partial charge in [0.25, 0.3) is 0 Å². The average Bonchev–Trinajstić information content (AvgIpc) is 2.26. The fraction of sp³-hybridized carbons (Fsp3) is 0.533. The molecule has 0 saturated carbocycles. The van der Waals surface area contributed by atoms with Crippen molar-refractivity contribution in [2.45, 2.75) is 45.3 Å². The Morgan fingerprint density at radius 2 is 2.00 bits per heavy atom. The van der Waals surface area contributed by atoms with Crippen molar-refractivity contribution in [3.8, 4) is 0 Å². The van der Waals surface area contributed by atoms with Gasteiger partial charge in [-0.2, -0.15) is 0 Å². The molecule has 104 valence electrons. The lowest BCUT2D eigenvalue weighted by Gasteiger charge is -2.38. The second-order valence-corrected chi connectivity index (χ2v) is 6.17. The first-order valence-corrected chi connectivity index (χ1v) is 6.53. The van der Waals surface area contributed by atoms with Gasteiger partial charge < -0.3 is 9.84 Å². The van der Waals surface area contributed by atoms with Gasteiger partial charge in [0.15, 0.2) is 0 Å². The van der Waals surface area contributed by atoms with Crippen molar-refractivity contribution in [3.63, 3.8) is 0 Å². The number of benzene rings is 1. The van der Waals surface area contributed by atoms with Crippen LogP contribution in [-0.2, 0) is 10.3 Å². The highest BCUT2D eigenvalue weighted by atomic mass is 16.6. The maximum Gasteiger partial charge on any atom is 0.414 e. The van der Waals surface area contributed by atoms with Crippen LogP contribution in [0.3, 0.4) is 0 Å². The van der Waals surface area contributed by atoms with Gasteiger partial charge >= 0.3 is 6.09 Å². The summed E-state index contributed by atoms with van der Waals surface area (Å²) in [6.45, 7) is 7.77. The van der Waals surface area contributed by atoms with Crippen molar-refractivity contribution >= 4 is 11.8 Å². The maximum absolute atomic E-state index is 12.2. The number of fused-ring (bicyclic) bond motifs is 1. The van der Waals surface area contributed by atoms with Gasteiger partial charge in [-0.25, -0.2) is 4.79 Å². The van der Waals surface area contributed by atoms with Crippen LogP contribution in [0, 0.1) is 0 Å². The van der Waals surface area contributed by atoms with E-state index in [0.29, 0.717) is 13.0 Å². The molecule has 0 aliphatic carbocycles. The maximum atomic E-state index is 12.2. The summed E-state index contributed by atoms with van der Waals surface area (Å²) >= 11 is 0. The van der Waals surface area contributed by atoms with Gasteiger partial charge in [-0.3, -0.25) is 4.90 Å². The number of rotatable bonds is 0. The largest absolute Gasteiger partial charge is 0.443 e. The SMILES string of the molecule is CC(C)(C)OC(=O)N1CCC(C)(O)c2ccccc21. The van der Waals surface area contributed by atoms with Gasteiger partial charge in [0, 0.05) is 12.1 Å². The summed E-state index contributed by atoms with van der Waals surface area (Å²) in [7, 11) is 0. The summed E-state index contributed by atoms with van der Waals surface area (Å²) in [5, 5.41) is 10.4. The van der Waals surface area contributed by atoms with E-state index in [9.17, 15) is 9.90 Å². The molecule has 0 bridgehead atoms. The highest BCUT2D eigenvalue weighted by molar-refractivity contribution is 5.89. The van der Waals surface area contributed by atoms with Crippen molar-refractivity contribution in [1.29, 1.82) is 0 Å². The number of hydrogen-bond donors (Lipinski definition) is 1. The first-order chi connectivity index (χ1) is 8.71. The van der Waals surface area contributed by atoms with Crippen LogP contribution in [0.4, 0.5) is 10.5 Å². The van der Waals surface area contributed by atoms with Crippen LogP contribution in [0.15, 0.2) is 24.3 Å². The standard InChI is InChI=1S/C15H21NO3/c1-14(2,3)19-13(17)16-10-9-15(4,18)11-7-5-6-8-12(11)16/h5-8,18H,9-10H2,1-4H3. The van der Waals surface area contributed by atoms with E-state index < -0.39 is 11.2 Å². The zero-order chi connectivity index (χ0) is 14.3. The summed E-state index contributed by atoms with van der Waals surface area (Å²) in [4.78, 5) is 13.8. The van der Waals surface area contributed by atoms with Crippen LogP contribution < -0.4 is 4.90 Å². The minimum absolute atomic E-state index is 0.365. The van der Waals surface area contributed by atoms with Crippen LogP contribution in [0.1, 0.15) is 39.7 Å². The number of carbonyl (C=O) groups is 1. The Morgan fingerprint density at radius 1 is 1.37 bits per heavy atom. The molecule has 1 aliphatic heterocycles. The van der Waals surface area contributed by atoms with Crippen LogP contribution in [0.2, 0.25) is 0 Å². The lowest BCUT2D eigenvalue weighted by molar-refractivity contribution is 0.0379. The second kappa shape index (κ2) is 4.53. The molecule has 1 aliphatic rings. The molecule has 1 atom stereocenters. The molecule has 1 heterocycles. The molecule has 0 radical (unpaired) electrons. The third kappa shape index (κ3) is 2.89. The van der Waals surface area contributed by atoms with Crippen molar-refractivity contribution in [3.05, 3.63) is 29.8 Å². The quantitative estimate of drug-likeness (QED) is 0.782. The number of para-hydroxylation sites is 1. The fourth-order valence-corrected chi connectivity index (χ4v) is 2.26. The number of anilines is 1. The van der Waals surface area contributed by atoms with Crippen LogP contribution >= 0.6 is 0 Å². The molecule has 1 aromatic rings. The average molecular weight is 263 g/mol. The molecule has 0 spiro atoms. The van der Waals surface area contributed by atoms with E-state index in [-0.39, 0.29) is 6.09 Å². The Balaban J connectivity index is 2.33. The predicted octanol–water partition coefficient (Wildman–Crippen LogP) is 3.04. The summed E-state index contributed by atoms with van der Waals surface area (Å²) in [5.74, 6) is 0. The molecule has 2 rings (SSSR count). The number of carbonyl (C=O) groups excluding carboxylic acids is 1. The lowest BCUT2D eigenvalue weighted by atomic mass is 9.87. The molecule has 4 nitrogen and oxygen atoms in total. The molecular formula is C15H21NO3. The Labute approximate surface area is 114 Å². The normalized spacial score (nSPS) is 22.9. The highest BCUT2D eigenvalue weighted by Crippen LogP contribution is 2.38. The summed E-state index contributed by atoms with van der Waals surface area (Å²) in [6.07, 6.45) is 0.138. The fourth-order valence-electron chi connectivity index (χ4n) is 2.26. The number of amides is 1. The molecule has 0 aromatic heterocycles. The van der Waals surface area contributed by atoms with Gasteiger partial charge in [-0.15, -0.1) is 0 Å². The lowest BCUT2D eigenvalue weighted by Crippen LogP contribution is -2.44. The second-order valence-electron chi connectivity index (χ2n) is 6.17. The number of hydrogen-bond acceptors (Lipinski definition) is 3. The molecule has 0 saturated heterocycles. The van der Waals surface area contributed by atoms with Crippen molar-refractivity contribution in [1.82, 2.24) is 0 Å². The molecule has 1 unspecified atom stereocenters. The van der Waals surface area contributed by atoms with E-state index in [1.807, 2.05) is 45.0 Å². The minimum atomic E-state index is -0.894. The predicted molar refractivity (Wildman–Crippen MR) is 74.2 cm³/mol. The van der Waals surface area contributed by atoms with Gasteiger partial charge in [-0.1, -0.05) is 18.2 Å². The molecule has 1 aromatic carbocycles. The molecular weight excluding hydrogens is 242 g/mol. The third-order valence-corrected chi connectivity index (χ3v) is 3.21. The molecule has 0 fully saturated rings. The first kappa shape index (κ1) is 13.9. The van der Waals surface area contributed by atoms with Crippen molar-refractivity contribution in [2.24, 2.45) is 0 Å². The number of ether oxygens (including phenoxy) is 1. The molecule has 1 amide bonds. The van der Waals surface area contributed by atoms with Crippen LogP contribution in [-0.4, -0.2) is 23.3 Å². The van der Waals surface area contributed by atoms with E-state index in [4.69, 9.17) is 4.74 Å². The Bertz CT molecular complexity index is 488. The zero-order valence-electron chi connectivity index (χ0n) is 11.9. The van der Waals surface area contributed by atoms with Crippen molar-refractivity contribution < 1.29 is 14.6 Å². The van der Waals surface area contributed by atoms with E-state index in [1.165, 1.54) is 0 Å². The first-order valence-electron chi connectivity index (χ1n) is 6.53.